The second kappa shape index (κ2) is 4.83. The summed E-state index contributed by atoms with van der Waals surface area (Å²) in [6.07, 6.45) is 1.85. The molecule has 18 heavy (non-hydrogen) atoms. The minimum absolute atomic E-state index is 0.692. The molecule has 90 valence electrons. The van der Waals surface area contributed by atoms with Gasteiger partial charge >= 0.3 is 0 Å². The number of anilines is 1. The topological polar surface area (TPSA) is 24.4 Å². The number of nitrogens with one attached hydrogen (secondary N) is 1. The first-order valence-corrected chi connectivity index (χ1v) is 6.33. The van der Waals surface area contributed by atoms with Crippen molar-refractivity contribution >= 4 is 23.0 Å². The number of hydrogen-bond donors (Lipinski definition) is 1. The Morgan fingerprint density at radius 2 is 1.50 bits per heavy atom. The molecule has 2 aromatic carbocycles. The highest BCUT2D eigenvalue weighted by Crippen LogP contribution is 2.22. The van der Waals surface area contributed by atoms with Gasteiger partial charge < -0.3 is 0 Å². The van der Waals surface area contributed by atoms with Gasteiger partial charge in [-0.15, -0.1) is 0 Å². The molecular weight excluding hydrogens is 244 g/mol. The molecule has 1 aliphatic rings. The molecule has 1 aliphatic carbocycles. The van der Waals surface area contributed by atoms with Crippen molar-refractivity contribution in [2.24, 2.45) is 5.10 Å². The molecule has 0 saturated heterocycles. The lowest BCUT2D eigenvalue weighted by atomic mass is 10.1. The van der Waals surface area contributed by atoms with Crippen LogP contribution in [0, 0.1) is 0 Å². The zero-order valence-electron chi connectivity index (χ0n) is 9.86. The average molecular weight is 257 g/mol. The smallest absolute Gasteiger partial charge is 0.0748 e. The summed E-state index contributed by atoms with van der Waals surface area (Å²) in [5.41, 5.74) is 7.79. The van der Waals surface area contributed by atoms with Crippen LogP contribution in [0.1, 0.15) is 11.1 Å². The van der Waals surface area contributed by atoms with E-state index in [-0.39, 0.29) is 0 Å². The van der Waals surface area contributed by atoms with Crippen LogP contribution in [0.5, 0.6) is 0 Å². The minimum atomic E-state index is 0.692. The van der Waals surface area contributed by atoms with E-state index in [0.29, 0.717) is 5.02 Å². The summed E-state index contributed by atoms with van der Waals surface area (Å²) >= 11 is 6.07. The Bertz CT molecular complexity index is 578. The molecule has 0 saturated carbocycles. The third-order valence-electron chi connectivity index (χ3n) is 3.12. The highest BCUT2D eigenvalue weighted by Gasteiger charge is 2.15. The van der Waals surface area contributed by atoms with E-state index in [4.69, 9.17) is 11.6 Å². The fourth-order valence-electron chi connectivity index (χ4n) is 2.17. The van der Waals surface area contributed by atoms with Crippen molar-refractivity contribution in [3.63, 3.8) is 0 Å². The van der Waals surface area contributed by atoms with E-state index in [1.165, 1.54) is 11.1 Å². The molecule has 0 aliphatic heterocycles. The molecule has 0 heterocycles. The van der Waals surface area contributed by atoms with Gasteiger partial charge in [0.2, 0.25) is 0 Å². The molecule has 0 bridgehead atoms. The standard InChI is InChI=1S/C15H13ClN2/c16-14-7-3-4-8-15(14)18-17-13-9-11-5-1-2-6-12(11)10-13/h1-8,18H,9-10H2. The van der Waals surface area contributed by atoms with E-state index in [1.807, 2.05) is 24.3 Å². The van der Waals surface area contributed by atoms with Crippen molar-refractivity contribution in [3.8, 4) is 0 Å². The van der Waals surface area contributed by atoms with Gasteiger partial charge in [-0.2, -0.15) is 5.10 Å². The lowest BCUT2D eigenvalue weighted by Crippen LogP contribution is -2.01. The summed E-state index contributed by atoms with van der Waals surface area (Å²) in [4.78, 5) is 0. The zero-order chi connectivity index (χ0) is 12.4. The van der Waals surface area contributed by atoms with Crippen LogP contribution in [0.4, 0.5) is 5.69 Å². The van der Waals surface area contributed by atoms with Gasteiger partial charge in [0.05, 0.1) is 10.7 Å². The average Bonchev–Trinajstić information content (AvgIpc) is 2.80. The molecule has 1 N–H and O–H groups in total. The van der Waals surface area contributed by atoms with Gasteiger partial charge in [-0.05, 0) is 23.3 Å². The van der Waals surface area contributed by atoms with E-state index in [9.17, 15) is 0 Å². The molecule has 2 aromatic rings. The number of halogens is 1. The SMILES string of the molecule is Clc1ccccc1NN=C1Cc2ccccc2C1. The zero-order valence-corrected chi connectivity index (χ0v) is 10.6. The summed E-state index contributed by atoms with van der Waals surface area (Å²) in [6, 6.07) is 16.1. The van der Waals surface area contributed by atoms with Crippen molar-refractivity contribution in [1.82, 2.24) is 0 Å². The molecule has 0 aromatic heterocycles. The Morgan fingerprint density at radius 1 is 0.889 bits per heavy atom. The second-order valence-corrected chi connectivity index (χ2v) is 4.80. The molecule has 3 heteroatoms. The van der Waals surface area contributed by atoms with Crippen LogP contribution < -0.4 is 5.43 Å². The van der Waals surface area contributed by atoms with Gasteiger partial charge in [-0.3, -0.25) is 5.43 Å². The summed E-state index contributed by atoms with van der Waals surface area (Å²) in [6.45, 7) is 0. The monoisotopic (exact) mass is 256 g/mol. The van der Waals surface area contributed by atoms with Crippen molar-refractivity contribution in [1.29, 1.82) is 0 Å². The maximum absolute atomic E-state index is 6.07. The quantitative estimate of drug-likeness (QED) is 0.810. The van der Waals surface area contributed by atoms with Crippen molar-refractivity contribution in [3.05, 3.63) is 64.7 Å². The van der Waals surface area contributed by atoms with E-state index >= 15 is 0 Å². The number of hydrogen-bond acceptors (Lipinski definition) is 2. The Hall–Kier alpha value is -1.80. The predicted molar refractivity (Wildman–Crippen MR) is 76.4 cm³/mol. The molecule has 0 atom stereocenters. The Morgan fingerprint density at radius 3 is 2.17 bits per heavy atom. The van der Waals surface area contributed by atoms with E-state index in [0.717, 1.165) is 24.2 Å². The van der Waals surface area contributed by atoms with Gasteiger partial charge in [0.15, 0.2) is 0 Å². The lowest BCUT2D eigenvalue weighted by molar-refractivity contribution is 1.26. The first-order valence-electron chi connectivity index (χ1n) is 5.96. The maximum Gasteiger partial charge on any atom is 0.0748 e. The third-order valence-corrected chi connectivity index (χ3v) is 3.45. The van der Waals surface area contributed by atoms with Gasteiger partial charge in [-0.1, -0.05) is 48.0 Å². The number of para-hydroxylation sites is 1. The van der Waals surface area contributed by atoms with E-state index in [2.05, 4.69) is 34.8 Å². The first-order chi connectivity index (χ1) is 8.83. The predicted octanol–water partition coefficient (Wildman–Crippen LogP) is 3.91. The molecule has 3 rings (SSSR count). The normalized spacial score (nSPS) is 13.3. The van der Waals surface area contributed by atoms with Crippen molar-refractivity contribution in [2.45, 2.75) is 12.8 Å². The Labute approximate surface area is 111 Å². The Balaban J connectivity index is 1.75. The summed E-state index contributed by atoms with van der Waals surface area (Å²) in [5, 5.41) is 5.14. The van der Waals surface area contributed by atoms with Gasteiger partial charge in [-0.25, -0.2) is 0 Å². The molecule has 0 amide bonds. The molecule has 0 spiro atoms. The number of nitrogens with zero attached hydrogens (tertiary/aromatic N) is 1. The minimum Gasteiger partial charge on any atom is -0.277 e. The van der Waals surface area contributed by atoms with Crippen LogP contribution in [0.2, 0.25) is 5.02 Å². The summed E-state index contributed by atoms with van der Waals surface area (Å²) in [5.74, 6) is 0. The fourth-order valence-corrected chi connectivity index (χ4v) is 2.35. The van der Waals surface area contributed by atoms with Crippen LogP contribution in [0.3, 0.4) is 0 Å². The van der Waals surface area contributed by atoms with Crippen LogP contribution in [0.15, 0.2) is 53.6 Å². The van der Waals surface area contributed by atoms with E-state index in [1.54, 1.807) is 0 Å². The number of fused-ring (bicyclic) bond motifs is 1. The van der Waals surface area contributed by atoms with Crippen molar-refractivity contribution in [2.75, 3.05) is 5.43 Å². The number of benzene rings is 2. The second-order valence-electron chi connectivity index (χ2n) is 4.39. The van der Waals surface area contributed by atoms with E-state index < -0.39 is 0 Å². The molecule has 0 fully saturated rings. The lowest BCUT2D eigenvalue weighted by Gasteiger charge is -2.03. The van der Waals surface area contributed by atoms with Crippen LogP contribution in [-0.2, 0) is 12.8 Å². The molecule has 0 radical (unpaired) electrons. The van der Waals surface area contributed by atoms with Gasteiger partial charge in [0.1, 0.15) is 0 Å². The van der Waals surface area contributed by atoms with Crippen LogP contribution in [0.25, 0.3) is 0 Å². The third kappa shape index (κ3) is 2.24. The number of rotatable bonds is 2. The first kappa shape index (κ1) is 11.3. The van der Waals surface area contributed by atoms with Crippen molar-refractivity contribution < 1.29 is 0 Å². The summed E-state index contributed by atoms with van der Waals surface area (Å²) < 4.78 is 0. The molecule has 2 nitrogen and oxygen atoms in total. The maximum atomic E-state index is 6.07. The fraction of sp³-hybridized carbons (Fsp3) is 0.133. The number of hydrazone groups is 1. The molecule has 0 unspecified atom stereocenters. The highest BCUT2D eigenvalue weighted by molar-refractivity contribution is 6.33. The summed E-state index contributed by atoms with van der Waals surface area (Å²) in [7, 11) is 0. The Kier molecular flexibility index (Phi) is 3.03. The van der Waals surface area contributed by atoms with Crippen LogP contribution in [-0.4, -0.2) is 5.71 Å². The van der Waals surface area contributed by atoms with Gasteiger partial charge in [0.25, 0.3) is 0 Å². The van der Waals surface area contributed by atoms with Gasteiger partial charge in [0, 0.05) is 18.6 Å². The largest absolute Gasteiger partial charge is 0.277 e. The van der Waals surface area contributed by atoms with Crippen LogP contribution >= 0.6 is 11.6 Å². The highest BCUT2D eigenvalue weighted by atomic mass is 35.5. The molecular formula is C15H13ClN2.